The van der Waals surface area contributed by atoms with Crippen LogP contribution in [0.4, 0.5) is 34.1 Å². The molecule has 0 saturated carbocycles. The van der Waals surface area contributed by atoms with Crippen LogP contribution in [0.1, 0.15) is 74.9 Å². The summed E-state index contributed by atoms with van der Waals surface area (Å²) in [6, 6.07) is 67.0. The van der Waals surface area contributed by atoms with Crippen LogP contribution < -0.4 is 9.80 Å². The van der Waals surface area contributed by atoms with Gasteiger partial charge in [-0.15, -0.1) is 0 Å². The van der Waals surface area contributed by atoms with Crippen molar-refractivity contribution in [1.29, 1.82) is 0 Å². The van der Waals surface area contributed by atoms with E-state index < -0.39 is 22.8 Å². The molecule has 332 valence electrons. The molecule has 4 heterocycles. The molecule has 0 aromatic heterocycles. The molecule has 0 saturated heterocycles. The van der Waals surface area contributed by atoms with Gasteiger partial charge in [-0.25, -0.2) is 9.59 Å². The Kier molecular flexibility index (Phi) is 10.2. The first-order valence-corrected chi connectivity index (χ1v) is 23.4. The van der Waals surface area contributed by atoms with Gasteiger partial charge >= 0.3 is 11.9 Å². The molecule has 4 aliphatic heterocycles. The highest BCUT2D eigenvalue weighted by molar-refractivity contribution is 6.29. The first kappa shape index (κ1) is 42.4. The lowest BCUT2D eigenvalue weighted by Gasteiger charge is -2.42. The number of ether oxygens (including phenoxy) is 2. The number of fused-ring (bicyclic) bond motifs is 5. The van der Waals surface area contributed by atoms with Gasteiger partial charge in [0, 0.05) is 22.2 Å². The van der Waals surface area contributed by atoms with Gasteiger partial charge in [-0.2, -0.15) is 0 Å². The number of hydrogen-bond donors (Lipinski definition) is 0. The van der Waals surface area contributed by atoms with Crippen molar-refractivity contribution in [2.45, 2.75) is 52.4 Å². The van der Waals surface area contributed by atoms with Crippen molar-refractivity contribution in [3.05, 3.63) is 239 Å². The van der Waals surface area contributed by atoms with Crippen molar-refractivity contribution in [3.8, 4) is 22.3 Å². The predicted octanol–water partition coefficient (Wildman–Crippen LogP) is 15.5. The second kappa shape index (κ2) is 16.3. The molecule has 8 aromatic rings. The number of nitrogens with zero attached hydrogens (tertiary/aromatic N) is 2. The van der Waals surface area contributed by atoms with Crippen molar-refractivity contribution < 1.29 is 19.1 Å². The van der Waals surface area contributed by atoms with Gasteiger partial charge in [0.25, 0.3) is 0 Å². The van der Waals surface area contributed by atoms with Crippen LogP contribution in [0.15, 0.2) is 206 Å². The number of carbonyl (C=O) groups is 2. The lowest BCUT2D eigenvalue weighted by atomic mass is 9.72. The molecule has 0 atom stereocenters. The molecule has 0 fully saturated rings. The molecule has 0 radical (unpaired) electrons. The average Bonchev–Trinajstić information content (AvgIpc) is 3.87. The van der Waals surface area contributed by atoms with E-state index in [4.69, 9.17) is 9.47 Å². The van der Waals surface area contributed by atoms with Gasteiger partial charge in [0.1, 0.15) is 11.1 Å². The summed E-state index contributed by atoms with van der Waals surface area (Å²) >= 11 is 0. The van der Waals surface area contributed by atoms with Crippen LogP contribution in [0.25, 0.3) is 33.4 Å². The van der Waals surface area contributed by atoms with E-state index >= 15 is 0 Å². The Bertz CT molecular complexity index is 3160. The highest BCUT2D eigenvalue weighted by atomic mass is 16.6. The normalized spacial score (nSPS) is 15.9. The molecular formula is C62H50N2O4. The van der Waals surface area contributed by atoms with Crippen LogP contribution in [-0.4, -0.2) is 11.9 Å². The summed E-state index contributed by atoms with van der Waals surface area (Å²) in [5.41, 5.74) is 15.9. The molecule has 0 bridgehead atoms. The SMILES string of the molecule is CC.CC1(C)c2cc(C3=C4OC(=O)C(c5ccc6c(c5)C(C)(C)c5cc(-c7ccccc7)ccc5N6c5ccccc5)=C4OC3=O)ccc2N(c2ccccc2)c2ccc(-c3ccccc3)cc21. The monoisotopic (exact) mass is 886 g/mol. The summed E-state index contributed by atoms with van der Waals surface area (Å²) in [6.45, 7) is 12.9. The minimum atomic E-state index is -0.554. The molecule has 0 amide bonds. The Hall–Kier alpha value is -8.22. The molecule has 0 N–H and O–H groups in total. The smallest absolute Gasteiger partial charge is 0.348 e. The molecule has 4 aliphatic rings. The highest BCUT2D eigenvalue weighted by Gasteiger charge is 2.46. The standard InChI is InChI=1S/C60H44N2O4.C2H6/c1-59(2)45-33-39(37-17-9-5-10-18-37)25-29-49(45)61(43-21-13-7-14-22-43)51-31-27-41(35-47(51)59)53-55-56(66-57(53)63)54(58(64)65-55)42-28-32-52-48(36-42)60(3,4)46-34-40(38-19-11-6-12-20-38)26-30-50(46)62(52)44-23-15-8-16-24-44;1-2/h5-36H,1-4H3;1-2H3. The van der Waals surface area contributed by atoms with Gasteiger partial charge in [0.15, 0.2) is 11.5 Å². The van der Waals surface area contributed by atoms with Crippen molar-refractivity contribution in [2.75, 3.05) is 9.80 Å². The number of para-hydroxylation sites is 2. The predicted molar refractivity (Wildman–Crippen MR) is 275 cm³/mol. The van der Waals surface area contributed by atoms with Gasteiger partial charge in [-0.3, -0.25) is 0 Å². The molecule has 0 unspecified atom stereocenters. The Morgan fingerprint density at radius 2 is 0.618 bits per heavy atom. The molecule has 0 spiro atoms. The Balaban J connectivity index is 0.00000250. The summed E-state index contributed by atoms with van der Waals surface area (Å²) in [5, 5.41) is 0. The van der Waals surface area contributed by atoms with Crippen LogP contribution in [-0.2, 0) is 29.9 Å². The third kappa shape index (κ3) is 6.62. The largest absolute Gasteiger partial charge is 0.418 e. The number of anilines is 6. The molecular weight excluding hydrogens is 837 g/mol. The van der Waals surface area contributed by atoms with E-state index in [-0.39, 0.29) is 22.7 Å². The maximum atomic E-state index is 14.2. The maximum absolute atomic E-state index is 14.2. The molecule has 12 rings (SSSR count). The van der Waals surface area contributed by atoms with E-state index in [1.807, 2.05) is 74.5 Å². The van der Waals surface area contributed by atoms with Gasteiger partial charge < -0.3 is 19.3 Å². The summed E-state index contributed by atoms with van der Waals surface area (Å²) < 4.78 is 12.2. The minimum Gasteiger partial charge on any atom is -0.418 e. The number of esters is 2. The zero-order valence-corrected chi connectivity index (χ0v) is 39.0. The van der Waals surface area contributed by atoms with E-state index in [0.717, 1.165) is 78.6 Å². The van der Waals surface area contributed by atoms with Crippen molar-refractivity contribution in [1.82, 2.24) is 0 Å². The topological polar surface area (TPSA) is 59.1 Å². The van der Waals surface area contributed by atoms with E-state index in [9.17, 15) is 9.59 Å². The second-order valence-electron chi connectivity index (χ2n) is 18.4. The molecule has 0 aliphatic carbocycles. The second-order valence-corrected chi connectivity index (χ2v) is 18.4. The Morgan fingerprint density at radius 3 is 0.941 bits per heavy atom. The highest BCUT2D eigenvalue weighted by Crippen LogP contribution is 2.56. The van der Waals surface area contributed by atoms with Crippen molar-refractivity contribution >= 4 is 57.2 Å². The Labute approximate surface area is 398 Å². The van der Waals surface area contributed by atoms with Gasteiger partial charge in [0.05, 0.1) is 22.7 Å². The van der Waals surface area contributed by atoms with Gasteiger partial charge in [0.2, 0.25) is 0 Å². The maximum Gasteiger partial charge on any atom is 0.348 e. The van der Waals surface area contributed by atoms with Crippen LogP contribution in [0, 0.1) is 0 Å². The summed E-state index contributed by atoms with van der Waals surface area (Å²) in [5.74, 6) is -0.802. The number of hydrogen-bond acceptors (Lipinski definition) is 6. The first-order chi connectivity index (χ1) is 33.1. The number of carbonyl (C=O) groups excluding carboxylic acids is 2. The minimum absolute atomic E-state index is 0.154. The van der Waals surface area contributed by atoms with E-state index in [0.29, 0.717) is 11.1 Å². The van der Waals surface area contributed by atoms with Gasteiger partial charge in [-0.1, -0.05) is 163 Å². The van der Waals surface area contributed by atoms with Crippen LogP contribution in [0.5, 0.6) is 0 Å². The van der Waals surface area contributed by atoms with Crippen LogP contribution in [0.3, 0.4) is 0 Å². The van der Waals surface area contributed by atoms with E-state index in [1.165, 1.54) is 0 Å². The first-order valence-electron chi connectivity index (χ1n) is 23.4. The van der Waals surface area contributed by atoms with E-state index in [2.05, 4.69) is 171 Å². The fourth-order valence-electron chi connectivity index (χ4n) is 10.5. The van der Waals surface area contributed by atoms with Crippen LogP contribution >= 0.6 is 0 Å². The number of rotatable bonds is 6. The third-order valence-electron chi connectivity index (χ3n) is 13.9. The van der Waals surface area contributed by atoms with Gasteiger partial charge in [-0.05, 0) is 128 Å². The Morgan fingerprint density at radius 1 is 0.338 bits per heavy atom. The lowest BCUT2D eigenvalue weighted by molar-refractivity contribution is -0.131. The number of benzene rings is 8. The molecule has 8 aromatic carbocycles. The summed E-state index contributed by atoms with van der Waals surface area (Å²) in [4.78, 5) is 32.9. The fourth-order valence-corrected chi connectivity index (χ4v) is 10.5. The zero-order valence-electron chi connectivity index (χ0n) is 39.0. The zero-order chi connectivity index (χ0) is 46.9. The molecule has 6 nitrogen and oxygen atoms in total. The van der Waals surface area contributed by atoms with Crippen LogP contribution in [0.2, 0.25) is 0 Å². The third-order valence-corrected chi connectivity index (χ3v) is 13.9. The molecule has 68 heavy (non-hydrogen) atoms. The molecule has 6 heteroatoms. The average molecular weight is 887 g/mol. The summed E-state index contributed by atoms with van der Waals surface area (Å²) in [6.07, 6.45) is 0. The summed E-state index contributed by atoms with van der Waals surface area (Å²) in [7, 11) is 0. The van der Waals surface area contributed by atoms with Crippen molar-refractivity contribution in [2.24, 2.45) is 0 Å². The quantitative estimate of drug-likeness (QED) is 0.155. The van der Waals surface area contributed by atoms with E-state index in [1.54, 1.807) is 0 Å². The lowest BCUT2D eigenvalue weighted by Crippen LogP contribution is -2.31. The van der Waals surface area contributed by atoms with Crippen molar-refractivity contribution in [3.63, 3.8) is 0 Å². The fraction of sp³-hybridized carbons (Fsp3) is 0.129.